The van der Waals surface area contributed by atoms with E-state index in [0.717, 1.165) is 13.0 Å². The third-order valence-electron chi connectivity index (χ3n) is 1.52. The van der Waals surface area contributed by atoms with Crippen molar-refractivity contribution in [3.63, 3.8) is 0 Å². The van der Waals surface area contributed by atoms with Gasteiger partial charge in [-0.3, -0.25) is 10.2 Å². The van der Waals surface area contributed by atoms with E-state index in [0.29, 0.717) is 0 Å². The van der Waals surface area contributed by atoms with Crippen LogP contribution in [-0.4, -0.2) is 16.9 Å². The first kappa shape index (κ1) is 15.0. The molecule has 7 heteroatoms. The molecule has 94 valence electrons. The van der Waals surface area contributed by atoms with Crippen molar-refractivity contribution in [3.05, 3.63) is 35.4 Å². The molecular weight excluding hydrogens is 237 g/mol. The maximum atomic E-state index is 12.3. The second kappa shape index (κ2) is 5.88. The predicted octanol–water partition coefficient (Wildman–Crippen LogP) is 2.08. The lowest BCUT2D eigenvalue weighted by molar-refractivity contribution is -0.138. The number of carbonyl (C=O) groups is 1. The van der Waals surface area contributed by atoms with Crippen LogP contribution < -0.4 is 5.73 Å². The van der Waals surface area contributed by atoms with Gasteiger partial charge in [-0.25, -0.2) is 0 Å². The highest BCUT2D eigenvalue weighted by atomic mass is 19.4. The predicted molar refractivity (Wildman–Crippen MR) is 55.8 cm³/mol. The number of hydrogen-bond acceptors (Lipinski definition) is 2. The standard InChI is InChI=1S/C8H7F3N2.C2H4O2/c9-8(10,11)6-4-2-1-3-5(6)7(12)13;1-2(3)4/h1-4H,(H3,12,13);1H3,(H,3,4). The lowest BCUT2D eigenvalue weighted by atomic mass is 10.1. The van der Waals surface area contributed by atoms with Crippen LogP contribution in [-0.2, 0) is 11.0 Å². The highest BCUT2D eigenvalue weighted by Crippen LogP contribution is 2.31. The van der Waals surface area contributed by atoms with Crippen molar-refractivity contribution >= 4 is 11.8 Å². The second-order valence-corrected chi connectivity index (χ2v) is 2.98. The fourth-order valence-corrected chi connectivity index (χ4v) is 0.965. The molecule has 0 atom stereocenters. The minimum Gasteiger partial charge on any atom is -0.481 e. The number of halogens is 3. The van der Waals surface area contributed by atoms with Crippen LogP contribution in [0.5, 0.6) is 0 Å². The van der Waals surface area contributed by atoms with Gasteiger partial charge in [-0.05, 0) is 6.07 Å². The summed E-state index contributed by atoms with van der Waals surface area (Å²) in [5.41, 5.74) is 3.84. The molecule has 4 nitrogen and oxygen atoms in total. The van der Waals surface area contributed by atoms with Crippen molar-refractivity contribution in [2.45, 2.75) is 13.1 Å². The van der Waals surface area contributed by atoms with Gasteiger partial charge in [0, 0.05) is 12.5 Å². The van der Waals surface area contributed by atoms with Crippen LogP contribution in [0.15, 0.2) is 24.3 Å². The smallest absolute Gasteiger partial charge is 0.417 e. The van der Waals surface area contributed by atoms with E-state index in [4.69, 9.17) is 21.0 Å². The Balaban J connectivity index is 0.000000557. The summed E-state index contributed by atoms with van der Waals surface area (Å²) < 4.78 is 36.8. The molecule has 0 saturated carbocycles. The van der Waals surface area contributed by atoms with Crippen molar-refractivity contribution in [3.8, 4) is 0 Å². The van der Waals surface area contributed by atoms with E-state index < -0.39 is 23.5 Å². The number of aliphatic carboxylic acids is 1. The number of nitrogens with one attached hydrogen (secondary N) is 1. The van der Waals surface area contributed by atoms with Gasteiger partial charge in [0.15, 0.2) is 0 Å². The fourth-order valence-electron chi connectivity index (χ4n) is 0.965. The molecule has 0 radical (unpaired) electrons. The number of amidine groups is 1. The topological polar surface area (TPSA) is 87.2 Å². The van der Waals surface area contributed by atoms with Crippen molar-refractivity contribution < 1.29 is 23.1 Å². The number of nitrogen functional groups attached to an aromatic ring is 1. The van der Waals surface area contributed by atoms with Crippen molar-refractivity contribution in [2.24, 2.45) is 5.73 Å². The van der Waals surface area contributed by atoms with Gasteiger partial charge in [0.25, 0.3) is 5.97 Å². The zero-order valence-corrected chi connectivity index (χ0v) is 8.88. The second-order valence-electron chi connectivity index (χ2n) is 2.98. The highest BCUT2D eigenvalue weighted by molar-refractivity contribution is 5.96. The molecule has 4 N–H and O–H groups in total. The first-order chi connectivity index (χ1) is 7.66. The summed E-state index contributed by atoms with van der Waals surface area (Å²) in [5, 5.41) is 14.4. The number of carboxylic acids is 1. The quantitative estimate of drug-likeness (QED) is 0.525. The van der Waals surface area contributed by atoms with Crippen LogP contribution in [0.2, 0.25) is 0 Å². The zero-order chi connectivity index (χ0) is 13.6. The van der Waals surface area contributed by atoms with Crippen molar-refractivity contribution in [1.82, 2.24) is 0 Å². The van der Waals surface area contributed by atoms with Gasteiger partial charge in [0.1, 0.15) is 5.84 Å². The van der Waals surface area contributed by atoms with Gasteiger partial charge < -0.3 is 10.8 Å². The largest absolute Gasteiger partial charge is 0.481 e. The van der Waals surface area contributed by atoms with Gasteiger partial charge in [-0.15, -0.1) is 0 Å². The Bertz CT molecular complexity index is 412. The van der Waals surface area contributed by atoms with Gasteiger partial charge in [0.05, 0.1) is 5.56 Å². The molecule has 0 aromatic heterocycles. The van der Waals surface area contributed by atoms with E-state index in [-0.39, 0.29) is 5.56 Å². The SMILES string of the molecule is CC(=O)O.N=C(N)c1ccccc1C(F)(F)F. The van der Waals surface area contributed by atoms with Crippen LogP contribution in [0.3, 0.4) is 0 Å². The van der Waals surface area contributed by atoms with Crippen molar-refractivity contribution in [1.29, 1.82) is 5.41 Å². The average Bonchev–Trinajstić information content (AvgIpc) is 2.15. The van der Waals surface area contributed by atoms with E-state index in [2.05, 4.69) is 0 Å². The number of benzene rings is 1. The van der Waals surface area contributed by atoms with Gasteiger partial charge in [0.2, 0.25) is 0 Å². The zero-order valence-electron chi connectivity index (χ0n) is 8.88. The van der Waals surface area contributed by atoms with E-state index in [1.807, 2.05) is 0 Å². The van der Waals surface area contributed by atoms with Crippen LogP contribution in [0.25, 0.3) is 0 Å². The maximum absolute atomic E-state index is 12.3. The summed E-state index contributed by atoms with van der Waals surface area (Å²) in [5.74, 6) is -1.41. The van der Waals surface area contributed by atoms with E-state index in [1.54, 1.807) is 0 Å². The van der Waals surface area contributed by atoms with E-state index in [9.17, 15) is 13.2 Å². The minimum absolute atomic E-state index is 0.282. The van der Waals surface area contributed by atoms with E-state index >= 15 is 0 Å². The van der Waals surface area contributed by atoms with Gasteiger partial charge in [-0.2, -0.15) is 13.2 Å². The molecule has 0 aliphatic carbocycles. The van der Waals surface area contributed by atoms with E-state index in [1.165, 1.54) is 18.2 Å². The molecule has 0 fully saturated rings. The number of alkyl halides is 3. The normalized spacial score (nSPS) is 10.1. The number of carboxylic acid groups (broad SMARTS) is 1. The summed E-state index contributed by atoms with van der Waals surface area (Å²) in [7, 11) is 0. The lowest BCUT2D eigenvalue weighted by Crippen LogP contribution is -2.18. The van der Waals surface area contributed by atoms with Gasteiger partial charge >= 0.3 is 6.18 Å². The molecule has 17 heavy (non-hydrogen) atoms. The molecule has 0 aliphatic rings. The molecule has 0 aliphatic heterocycles. The average molecular weight is 248 g/mol. The summed E-state index contributed by atoms with van der Waals surface area (Å²) in [6, 6.07) is 4.74. The Morgan fingerprint density at radius 1 is 1.35 bits per heavy atom. The highest BCUT2D eigenvalue weighted by Gasteiger charge is 2.33. The molecule has 0 unspecified atom stereocenters. The number of nitrogens with two attached hydrogens (primary N) is 1. The monoisotopic (exact) mass is 248 g/mol. The molecule has 1 aromatic rings. The van der Waals surface area contributed by atoms with Crippen LogP contribution >= 0.6 is 0 Å². The Kier molecular flexibility index (Phi) is 5.17. The third-order valence-corrected chi connectivity index (χ3v) is 1.52. The molecule has 0 bridgehead atoms. The van der Waals surface area contributed by atoms with Gasteiger partial charge in [-0.1, -0.05) is 18.2 Å². The minimum atomic E-state index is -4.46. The molecule has 0 heterocycles. The molecule has 1 rings (SSSR count). The van der Waals surface area contributed by atoms with Crippen LogP contribution in [0, 0.1) is 5.41 Å². The lowest BCUT2D eigenvalue weighted by Gasteiger charge is -2.10. The number of hydrogen-bond donors (Lipinski definition) is 3. The molecule has 1 aromatic carbocycles. The molecule has 0 saturated heterocycles. The Hall–Kier alpha value is -2.05. The maximum Gasteiger partial charge on any atom is 0.417 e. The summed E-state index contributed by atoms with van der Waals surface area (Å²) in [6.45, 7) is 1.08. The third kappa shape index (κ3) is 5.55. The summed E-state index contributed by atoms with van der Waals surface area (Å²) >= 11 is 0. The summed E-state index contributed by atoms with van der Waals surface area (Å²) in [6.07, 6.45) is -4.46. The molecular formula is C10H11F3N2O2. The number of rotatable bonds is 1. The Morgan fingerprint density at radius 2 is 1.76 bits per heavy atom. The van der Waals surface area contributed by atoms with Crippen LogP contribution in [0.1, 0.15) is 18.1 Å². The first-order valence-corrected chi connectivity index (χ1v) is 4.36. The van der Waals surface area contributed by atoms with Crippen molar-refractivity contribution in [2.75, 3.05) is 0 Å². The molecule has 0 spiro atoms. The Labute approximate surface area is 95.4 Å². The fraction of sp³-hybridized carbons (Fsp3) is 0.200. The van der Waals surface area contributed by atoms with Crippen LogP contribution in [0.4, 0.5) is 13.2 Å². The molecule has 0 amide bonds. The summed E-state index contributed by atoms with van der Waals surface area (Å²) in [4.78, 5) is 9.00. The Morgan fingerprint density at radius 3 is 2.06 bits per heavy atom. The first-order valence-electron chi connectivity index (χ1n) is 4.36.